The molecule has 0 fully saturated rings. The summed E-state index contributed by atoms with van der Waals surface area (Å²) in [5.41, 5.74) is 1.58. The smallest absolute Gasteiger partial charge is 0.332 e. The summed E-state index contributed by atoms with van der Waals surface area (Å²) in [7, 11) is 0. The average molecular weight is 490 g/mol. The van der Waals surface area contributed by atoms with E-state index in [0.717, 1.165) is 27.9 Å². The molecular formula is C24H22F3N3OS2. The Morgan fingerprint density at radius 1 is 0.909 bits per heavy atom. The summed E-state index contributed by atoms with van der Waals surface area (Å²) in [4.78, 5) is 13.3. The van der Waals surface area contributed by atoms with Crippen LogP contribution in [0, 0.1) is 6.92 Å². The second kappa shape index (κ2) is 10.7. The van der Waals surface area contributed by atoms with Crippen LogP contribution in [0.3, 0.4) is 0 Å². The van der Waals surface area contributed by atoms with Gasteiger partial charge in [-0.1, -0.05) is 35.9 Å². The van der Waals surface area contributed by atoms with Gasteiger partial charge in [0.25, 0.3) is 0 Å². The predicted octanol–water partition coefficient (Wildman–Crippen LogP) is 6.94. The van der Waals surface area contributed by atoms with E-state index >= 15 is 0 Å². The van der Waals surface area contributed by atoms with Gasteiger partial charge in [-0.25, -0.2) is 0 Å². The molecule has 0 saturated carbocycles. The standard InChI is InChI=1S/C24H22F3N3OS2/c1-15-10-12-17(13-11-15)28-23(32)29-18-6-5-7-19(14-18)33-16(2)22(31)30-21-9-4-3-8-20(21)24(25,26)27/h3-14,16H,1-2H3,(H,30,31)(H2,28,29,32). The van der Waals surface area contributed by atoms with E-state index in [4.69, 9.17) is 12.2 Å². The van der Waals surface area contributed by atoms with Crippen LogP contribution >= 0.6 is 24.0 Å². The molecule has 0 heterocycles. The van der Waals surface area contributed by atoms with Crippen molar-refractivity contribution in [2.75, 3.05) is 16.0 Å². The molecule has 0 aliphatic carbocycles. The van der Waals surface area contributed by atoms with Crippen molar-refractivity contribution < 1.29 is 18.0 Å². The fourth-order valence-electron chi connectivity index (χ4n) is 2.91. The summed E-state index contributed by atoms with van der Waals surface area (Å²) in [6.45, 7) is 3.64. The molecule has 0 radical (unpaired) electrons. The topological polar surface area (TPSA) is 53.2 Å². The first kappa shape index (κ1) is 24.6. The van der Waals surface area contributed by atoms with Crippen LogP contribution in [0.1, 0.15) is 18.1 Å². The van der Waals surface area contributed by atoms with Crippen molar-refractivity contribution in [2.45, 2.75) is 30.2 Å². The molecule has 33 heavy (non-hydrogen) atoms. The van der Waals surface area contributed by atoms with Crippen molar-refractivity contribution in [3.63, 3.8) is 0 Å². The van der Waals surface area contributed by atoms with Crippen LogP contribution in [0.5, 0.6) is 0 Å². The third-order valence-corrected chi connectivity index (χ3v) is 5.87. The Bertz CT molecular complexity index is 1130. The lowest BCUT2D eigenvalue weighted by Gasteiger charge is -2.16. The quantitative estimate of drug-likeness (QED) is 0.259. The highest BCUT2D eigenvalue weighted by Gasteiger charge is 2.33. The Labute approximate surface area is 200 Å². The van der Waals surface area contributed by atoms with Gasteiger partial charge in [-0.3, -0.25) is 4.79 Å². The molecule has 9 heteroatoms. The monoisotopic (exact) mass is 489 g/mol. The van der Waals surface area contributed by atoms with Crippen LogP contribution < -0.4 is 16.0 Å². The molecule has 0 spiro atoms. The fourth-order valence-corrected chi connectivity index (χ4v) is 4.07. The highest BCUT2D eigenvalue weighted by Crippen LogP contribution is 2.35. The van der Waals surface area contributed by atoms with Crippen LogP contribution in [-0.4, -0.2) is 16.3 Å². The molecule has 1 atom stereocenters. The van der Waals surface area contributed by atoms with Crippen molar-refractivity contribution in [3.8, 4) is 0 Å². The molecule has 3 aromatic carbocycles. The molecule has 0 aliphatic rings. The molecule has 0 saturated heterocycles. The number of halogens is 3. The van der Waals surface area contributed by atoms with Crippen LogP contribution in [0.4, 0.5) is 30.2 Å². The summed E-state index contributed by atoms with van der Waals surface area (Å²) in [6, 6.07) is 20.0. The summed E-state index contributed by atoms with van der Waals surface area (Å²) in [5, 5.41) is 8.37. The number of benzene rings is 3. The molecule has 3 rings (SSSR count). The molecular weight excluding hydrogens is 467 g/mol. The summed E-state index contributed by atoms with van der Waals surface area (Å²) in [6.07, 6.45) is -4.55. The number of anilines is 3. The van der Waals surface area contributed by atoms with E-state index < -0.39 is 22.9 Å². The maximum Gasteiger partial charge on any atom is 0.418 e. The summed E-state index contributed by atoms with van der Waals surface area (Å²) >= 11 is 6.59. The predicted molar refractivity (Wildman–Crippen MR) is 133 cm³/mol. The number of hydrogen-bond acceptors (Lipinski definition) is 3. The number of amides is 1. The van der Waals surface area contributed by atoms with Gasteiger partial charge in [0, 0.05) is 16.3 Å². The van der Waals surface area contributed by atoms with Gasteiger partial charge in [0.05, 0.1) is 16.5 Å². The number of thiocarbonyl (C=S) groups is 1. The second-order valence-electron chi connectivity index (χ2n) is 7.27. The third-order valence-electron chi connectivity index (χ3n) is 4.57. The van der Waals surface area contributed by atoms with E-state index in [-0.39, 0.29) is 5.69 Å². The second-order valence-corrected chi connectivity index (χ2v) is 9.09. The van der Waals surface area contributed by atoms with Crippen molar-refractivity contribution in [2.24, 2.45) is 0 Å². The molecule has 0 aliphatic heterocycles. The van der Waals surface area contributed by atoms with E-state index in [1.165, 1.54) is 30.0 Å². The minimum absolute atomic E-state index is 0.259. The zero-order valence-corrected chi connectivity index (χ0v) is 19.5. The minimum Gasteiger partial charge on any atom is -0.332 e. The highest BCUT2D eigenvalue weighted by atomic mass is 32.2. The van der Waals surface area contributed by atoms with Gasteiger partial charge in [0.15, 0.2) is 5.11 Å². The molecule has 4 nitrogen and oxygen atoms in total. The molecule has 172 valence electrons. The number of carbonyl (C=O) groups excluding carboxylic acids is 1. The maximum absolute atomic E-state index is 13.2. The van der Waals surface area contributed by atoms with Crippen molar-refractivity contribution in [3.05, 3.63) is 83.9 Å². The zero-order chi connectivity index (χ0) is 24.0. The zero-order valence-electron chi connectivity index (χ0n) is 17.9. The minimum atomic E-state index is -4.55. The number of aryl methyl sites for hydroxylation is 1. The van der Waals surface area contributed by atoms with Crippen LogP contribution in [-0.2, 0) is 11.0 Å². The van der Waals surface area contributed by atoms with E-state index in [1.807, 2.05) is 55.5 Å². The largest absolute Gasteiger partial charge is 0.418 e. The van der Waals surface area contributed by atoms with Crippen molar-refractivity contribution in [1.82, 2.24) is 0 Å². The molecule has 3 aromatic rings. The first-order valence-corrected chi connectivity index (χ1v) is 11.3. The first-order valence-electron chi connectivity index (χ1n) is 10.0. The lowest BCUT2D eigenvalue weighted by molar-refractivity contribution is -0.137. The van der Waals surface area contributed by atoms with Gasteiger partial charge in [0.1, 0.15) is 0 Å². The Morgan fingerprint density at radius 2 is 1.58 bits per heavy atom. The van der Waals surface area contributed by atoms with Crippen molar-refractivity contribution in [1.29, 1.82) is 0 Å². The number of carbonyl (C=O) groups is 1. The number of nitrogens with one attached hydrogen (secondary N) is 3. The first-order chi connectivity index (χ1) is 15.6. The van der Waals surface area contributed by atoms with Gasteiger partial charge in [-0.15, -0.1) is 11.8 Å². The molecule has 1 unspecified atom stereocenters. The van der Waals surface area contributed by atoms with E-state index in [2.05, 4.69) is 16.0 Å². The summed E-state index contributed by atoms with van der Waals surface area (Å²) < 4.78 is 39.5. The van der Waals surface area contributed by atoms with Gasteiger partial charge in [0.2, 0.25) is 5.91 Å². The van der Waals surface area contributed by atoms with Crippen LogP contribution in [0.15, 0.2) is 77.7 Å². The summed E-state index contributed by atoms with van der Waals surface area (Å²) in [5.74, 6) is -0.522. The number of thioether (sulfide) groups is 1. The maximum atomic E-state index is 13.2. The Hall–Kier alpha value is -3.04. The van der Waals surface area contributed by atoms with Crippen LogP contribution in [0.2, 0.25) is 0 Å². The highest BCUT2D eigenvalue weighted by molar-refractivity contribution is 8.00. The number of alkyl halides is 3. The number of hydrogen-bond donors (Lipinski definition) is 3. The Balaban J connectivity index is 1.61. The van der Waals surface area contributed by atoms with E-state index in [1.54, 1.807) is 6.92 Å². The van der Waals surface area contributed by atoms with E-state index in [9.17, 15) is 18.0 Å². The normalized spacial score (nSPS) is 12.0. The molecule has 3 N–H and O–H groups in total. The van der Waals surface area contributed by atoms with E-state index in [0.29, 0.717) is 5.11 Å². The molecule has 0 aromatic heterocycles. The van der Waals surface area contributed by atoms with Gasteiger partial charge in [-0.05, 0) is 68.5 Å². The van der Waals surface area contributed by atoms with Gasteiger partial charge < -0.3 is 16.0 Å². The average Bonchev–Trinajstić information content (AvgIpc) is 2.75. The fraction of sp³-hybridized carbons (Fsp3) is 0.167. The lowest BCUT2D eigenvalue weighted by Crippen LogP contribution is -2.24. The van der Waals surface area contributed by atoms with Gasteiger partial charge >= 0.3 is 6.18 Å². The number of para-hydroxylation sites is 1. The Morgan fingerprint density at radius 3 is 2.27 bits per heavy atom. The van der Waals surface area contributed by atoms with Crippen LogP contribution in [0.25, 0.3) is 0 Å². The van der Waals surface area contributed by atoms with Gasteiger partial charge in [-0.2, -0.15) is 13.2 Å². The third kappa shape index (κ3) is 7.23. The SMILES string of the molecule is Cc1ccc(NC(=S)Nc2cccc(SC(C)C(=O)Nc3ccccc3C(F)(F)F)c2)cc1. The number of rotatable bonds is 6. The Kier molecular flexibility index (Phi) is 7.99. The lowest BCUT2D eigenvalue weighted by atomic mass is 10.1. The van der Waals surface area contributed by atoms with Crippen molar-refractivity contribution >= 4 is 52.1 Å². The molecule has 1 amide bonds. The molecule has 0 bridgehead atoms.